The number of amides is 1. The Kier molecular flexibility index (Phi) is 6.40. The number of nitrogens with zero attached hydrogens (tertiary/aromatic N) is 2. The van der Waals surface area contributed by atoms with E-state index in [9.17, 15) is 4.79 Å². The quantitative estimate of drug-likeness (QED) is 0.517. The predicted octanol–water partition coefficient (Wildman–Crippen LogP) is 5.96. The number of anilines is 1. The Labute approximate surface area is 206 Å². The lowest BCUT2D eigenvalue weighted by Gasteiger charge is -2.50. The summed E-state index contributed by atoms with van der Waals surface area (Å²) in [6.45, 7) is 4.40. The van der Waals surface area contributed by atoms with Crippen molar-refractivity contribution >= 4 is 28.1 Å². The van der Waals surface area contributed by atoms with E-state index in [1.807, 2.05) is 6.92 Å². The zero-order valence-electron chi connectivity index (χ0n) is 20.6. The third kappa shape index (κ3) is 4.12. The minimum atomic E-state index is 0.0503. The highest BCUT2D eigenvalue weighted by Gasteiger charge is 2.57. The molecule has 182 valence electrons. The van der Waals surface area contributed by atoms with Crippen LogP contribution in [0.2, 0.25) is 0 Å². The molecule has 0 aliphatic heterocycles. The second kappa shape index (κ2) is 9.33. The molecule has 1 N–H and O–H groups in total. The number of aromatic nitrogens is 1. The van der Waals surface area contributed by atoms with Crippen molar-refractivity contribution in [3.05, 3.63) is 40.4 Å². The van der Waals surface area contributed by atoms with Gasteiger partial charge >= 0.3 is 0 Å². The number of oxime groups is 1. The molecule has 1 amide bonds. The van der Waals surface area contributed by atoms with E-state index in [1.165, 1.54) is 41.0 Å². The molecule has 0 saturated heterocycles. The second-order valence-corrected chi connectivity index (χ2v) is 11.6. The second-order valence-electron chi connectivity index (χ2n) is 10.4. The molecule has 7 heteroatoms. The number of hydrogen-bond donors (Lipinski definition) is 1. The van der Waals surface area contributed by atoms with Crippen LogP contribution in [0.5, 0.6) is 5.75 Å². The van der Waals surface area contributed by atoms with Gasteiger partial charge in [0.25, 0.3) is 0 Å². The van der Waals surface area contributed by atoms with E-state index >= 15 is 0 Å². The summed E-state index contributed by atoms with van der Waals surface area (Å²) in [6, 6.07) is 6.64. The minimum Gasteiger partial charge on any atom is -0.497 e. The number of rotatable bonds is 6. The van der Waals surface area contributed by atoms with E-state index in [0.29, 0.717) is 35.2 Å². The summed E-state index contributed by atoms with van der Waals surface area (Å²) in [5.74, 6) is 3.15. The van der Waals surface area contributed by atoms with Crippen LogP contribution >= 0.6 is 11.3 Å². The maximum atomic E-state index is 12.7. The van der Waals surface area contributed by atoms with Crippen molar-refractivity contribution in [2.75, 3.05) is 19.5 Å². The fourth-order valence-electron chi connectivity index (χ4n) is 7.19. The Hall–Kier alpha value is -2.41. The van der Waals surface area contributed by atoms with E-state index in [-0.39, 0.29) is 11.3 Å². The number of fused-ring (bicyclic) bond motifs is 5. The van der Waals surface area contributed by atoms with Gasteiger partial charge in [-0.2, -0.15) is 0 Å². The van der Waals surface area contributed by atoms with Gasteiger partial charge < -0.3 is 14.9 Å². The Morgan fingerprint density at radius 2 is 2.18 bits per heavy atom. The van der Waals surface area contributed by atoms with Crippen molar-refractivity contribution in [2.45, 2.75) is 64.7 Å². The van der Waals surface area contributed by atoms with Crippen LogP contribution in [-0.2, 0) is 16.1 Å². The standard InChI is InChI=1S/C27H35N3O3S/c1-16-15-28-26(34-16)29-24(31)10-6-18-14-23(30-33-4)27(2)12-11-21-20-9-7-19(32-3)13-17(20)5-8-22(21)25(18)27/h7,9,13,15,18,21-22,25H,5-6,8,10-12,14H2,1-4H3,(H,28,29,31)/t18-,21?,22?,25?,27-/m1/s1. The zero-order chi connectivity index (χ0) is 23.9. The third-order valence-corrected chi connectivity index (χ3v) is 9.45. The maximum Gasteiger partial charge on any atom is 0.226 e. The average Bonchev–Trinajstić information content (AvgIpc) is 3.37. The van der Waals surface area contributed by atoms with E-state index < -0.39 is 0 Å². The van der Waals surface area contributed by atoms with Crippen molar-refractivity contribution in [1.29, 1.82) is 0 Å². The molecule has 3 unspecified atom stereocenters. The zero-order valence-corrected chi connectivity index (χ0v) is 21.4. The highest BCUT2D eigenvalue weighted by molar-refractivity contribution is 7.15. The number of nitrogens with one attached hydrogen (secondary N) is 1. The lowest BCUT2D eigenvalue weighted by Crippen LogP contribution is -2.44. The normalized spacial score (nSPS) is 30.9. The van der Waals surface area contributed by atoms with Crippen LogP contribution < -0.4 is 10.1 Å². The highest BCUT2D eigenvalue weighted by Crippen LogP contribution is 2.62. The predicted molar refractivity (Wildman–Crippen MR) is 136 cm³/mol. The third-order valence-electron chi connectivity index (χ3n) is 8.62. The van der Waals surface area contributed by atoms with Crippen molar-refractivity contribution in [2.24, 2.45) is 28.3 Å². The molecule has 1 aromatic carbocycles. The first-order valence-corrected chi connectivity index (χ1v) is 13.2. The number of hydrogen-bond acceptors (Lipinski definition) is 6. The van der Waals surface area contributed by atoms with Crippen molar-refractivity contribution in [1.82, 2.24) is 4.98 Å². The van der Waals surface area contributed by atoms with E-state index in [0.717, 1.165) is 36.3 Å². The Morgan fingerprint density at radius 3 is 2.91 bits per heavy atom. The molecule has 3 aliphatic rings. The number of thiazole rings is 1. The van der Waals surface area contributed by atoms with Crippen LogP contribution in [0.4, 0.5) is 5.13 Å². The molecule has 3 aliphatic carbocycles. The van der Waals surface area contributed by atoms with Gasteiger partial charge in [0.2, 0.25) is 5.91 Å². The number of carbonyl (C=O) groups is 1. The Balaban J connectivity index is 1.37. The van der Waals surface area contributed by atoms with Crippen LogP contribution in [0, 0.1) is 30.1 Å². The van der Waals surface area contributed by atoms with Crippen molar-refractivity contribution in [3.63, 3.8) is 0 Å². The summed E-state index contributed by atoms with van der Waals surface area (Å²) in [5, 5.41) is 8.20. The van der Waals surface area contributed by atoms with E-state index in [1.54, 1.807) is 20.4 Å². The molecule has 5 rings (SSSR count). The van der Waals surface area contributed by atoms with Crippen LogP contribution in [0.15, 0.2) is 29.6 Å². The molecule has 1 heterocycles. The number of aryl methyl sites for hydroxylation is 2. The molecular formula is C27H35N3O3S. The topological polar surface area (TPSA) is 72.8 Å². The van der Waals surface area contributed by atoms with Gasteiger partial charge in [-0.05, 0) is 92.4 Å². The first kappa shape index (κ1) is 23.3. The lowest BCUT2D eigenvalue weighted by atomic mass is 9.54. The number of methoxy groups -OCH3 is 1. The summed E-state index contributed by atoms with van der Waals surface area (Å²) >= 11 is 1.52. The lowest BCUT2D eigenvalue weighted by molar-refractivity contribution is -0.116. The molecule has 1 aromatic heterocycles. The van der Waals surface area contributed by atoms with Crippen LogP contribution in [0.3, 0.4) is 0 Å². The summed E-state index contributed by atoms with van der Waals surface area (Å²) in [5.41, 5.74) is 4.20. The SMILES string of the molecule is CON=C1C[C@@H](CCC(=O)Nc2ncc(C)s2)C2C3CCc4cc(OC)ccc4C3CC[C@]12C. The molecule has 2 fully saturated rings. The molecule has 0 spiro atoms. The Bertz CT molecular complexity index is 1100. The molecular weight excluding hydrogens is 446 g/mol. The molecule has 0 radical (unpaired) electrons. The van der Waals surface area contributed by atoms with Crippen molar-refractivity contribution < 1.29 is 14.4 Å². The van der Waals surface area contributed by atoms with Gasteiger partial charge in [0, 0.05) is 22.9 Å². The number of ether oxygens (including phenoxy) is 1. The summed E-state index contributed by atoms with van der Waals surface area (Å²) in [7, 11) is 3.39. The van der Waals surface area contributed by atoms with Gasteiger partial charge in [-0.1, -0.05) is 18.1 Å². The van der Waals surface area contributed by atoms with Crippen LogP contribution in [0.25, 0.3) is 0 Å². The van der Waals surface area contributed by atoms with Crippen molar-refractivity contribution in [3.8, 4) is 5.75 Å². The fourth-order valence-corrected chi connectivity index (χ4v) is 7.87. The van der Waals surface area contributed by atoms with Gasteiger partial charge in [0.15, 0.2) is 5.13 Å². The first-order chi connectivity index (χ1) is 16.4. The summed E-state index contributed by atoms with van der Waals surface area (Å²) in [4.78, 5) is 23.4. The van der Waals surface area contributed by atoms with Gasteiger partial charge in [0.05, 0.1) is 12.8 Å². The smallest absolute Gasteiger partial charge is 0.226 e. The number of benzene rings is 1. The molecule has 34 heavy (non-hydrogen) atoms. The fraction of sp³-hybridized carbons (Fsp3) is 0.593. The van der Waals surface area contributed by atoms with Gasteiger partial charge in [-0.3, -0.25) is 4.79 Å². The highest BCUT2D eigenvalue weighted by atomic mass is 32.1. The van der Waals surface area contributed by atoms with E-state index in [4.69, 9.17) is 9.57 Å². The van der Waals surface area contributed by atoms with Gasteiger partial charge in [0.1, 0.15) is 12.9 Å². The maximum absolute atomic E-state index is 12.7. The summed E-state index contributed by atoms with van der Waals surface area (Å²) < 4.78 is 5.49. The minimum absolute atomic E-state index is 0.0503. The molecule has 0 bridgehead atoms. The largest absolute Gasteiger partial charge is 0.497 e. The van der Waals surface area contributed by atoms with Gasteiger partial charge in [-0.15, -0.1) is 11.3 Å². The molecule has 5 atom stereocenters. The molecule has 2 aromatic rings. The Morgan fingerprint density at radius 1 is 1.32 bits per heavy atom. The molecule has 2 saturated carbocycles. The monoisotopic (exact) mass is 481 g/mol. The van der Waals surface area contributed by atoms with E-state index in [2.05, 4.69) is 40.6 Å². The number of carbonyl (C=O) groups excluding carboxylic acids is 1. The first-order valence-electron chi connectivity index (χ1n) is 12.4. The molecule has 6 nitrogen and oxygen atoms in total. The van der Waals surface area contributed by atoms with Gasteiger partial charge in [-0.25, -0.2) is 4.98 Å². The average molecular weight is 482 g/mol. The summed E-state index contributed by atoms with van der Waals surface area (Å²) in [6.07, 6.45) is 8.69. The van der Waals surface area contributed by atoms with Crippen LogP contribution in [-0.4, -0.2) is 30.8 Å². The van der Waals surface area contributed by atoms with Crippen LogP contribution in [0.1, 0.15) is 67.4 Å².